The second-order valence-corrected chi connectivity index (χ2v) is 4.40. The molecular formula is C12H13NO2. The number of carbonyl (C=O) groups is 1. The van der Waals surface area contributed by atoms with Crippen LogP contribution in [-0.4, -0.2) is 11.0 Å². The Hall–Kier alpha value is -1.51. The molecule has 2 aliphatic rings. The van der Waals surface area contributed by atoms with E-state index in [4.69, 9.17) is 0 Å². The molecule has 1 amide bonds. The predicted molar refractivity (Wildman–Crippen MR) is 56.8 cm³/mol. The highest BCUT2D eigenvalue weighted by atomic mass is 16.3. The van der Waals surface area contributed by atoms with Crippen molar-refractivity contribution in [3.8, 4) is 5.75 Å². The zero-order valence-corrected chi connectivity index (χ0v) is 8.36. The Bertz CT molecular complexity index is 428. The quantitative estimate of drug-likeness (QED) is 0.635. The number of aromatic hydroxyl groups is 1. The Balaban J connectivity index is 2.12. The largest absolute Gasteiger partial charge is 0.508 e. The fourth-order valence-electron chi connectivity index (χ4n) is 2.84. The maximum atomic E-state index is 11.7. The second kappa shape index (κ2) is 2.99. The highest BCUT2D eigenvalue weighted by Gasteiger charge is 2.38. The summed E-state index contributed by atoms with van der Waals surface area (Å²) in [6, 6.07) is 5.20. The van der Waals surface area contributed by atoms with E-state index >= 15 is 0 Å². The van der Waals surface area contributed by atoms with Crippen LogP contribution in [0, 0.1) is 5.92 Å². The summed E-state index contributed by atoms with van der Waals surface area (Å²) >= 11 is 0. The van der Waals surface area contributed by atoms with Crippen molar-refractivity contribution in [2.45, 2.75) is 25.2 Å². The number of anilines is 1. The summed E-state index contributed by atoms with van der Waals surface area (Å²) in [7, 11) is 0. The van der Waals surface area contributed by atoms with Crippen molar-refractivity contribution < 1.29 is 9.90 Å². The average Bonchev–Trinajstić information content (AvgIpc) is 2.69. The van der Waals surface area contributed by atoms with Crippen molar-refractivity contribution in [1.82, 2.24) is 0 Å². The molecule has 1 heterocycles. The molecule has 0 radical (unpaired) electrons. The average molecular weight is 203 g/mol. The number of carbonyl (C=O) groups excluding carboxylic acids is 1. The van der Waals surface area contributed by atoms with Gasteiger partial charge in [0, 0.05) is 11.6 Å². The molecule has 1 aromatic carbocycles. The van der Waals surface area contributed by atoms with Gasteiger partial charge in [-0.1, -0.05) is 6.42 Å². The van der Waals surface area contributed by atoms with E-state index in [0.29, 0.717) is 5.92 Å². The van der Waals surface area contributed by atoms with E-state index in [1.807, 2.05) is 0 Å². The van der Waals surface area contributed by atoms with Crippen LogP contribution in [0.1, 0.15) is 30.7 Å². The van der Waals surface area contributed by atoms with E-state index in [2.05, 4.69) is 5.32 Å². The van der Waals surface area contributed by atoms with Gasteiger partial charge in [-0.2, -0.15) is 0 Å². The molecule has 2 unspecified atom stereocenters. The van der Waals surface area contributed by atoms with Crippen LogP contribution in [0.5, 0.6) is 5.75 Å². The Morgan fingerprint density at radius 3 is 2.93 bits per heavy atom. The van der Waals surface area contributed by atoms with Gasteiger partial charge < -0.3 is 10.4 Å². The highest BCUT2D eigenvalue weighted by molar-refractivity contribution is 5.97. The van der Waals surface area contributed by atoms with Gasteiger partial charge in [-0.25, -0.2) is 0 Å². The van der Waals surface area contributed by atoms with E-state index in [0.717, 1.165) is 30.5 Å². The minimum absolute atomic E-state index is 0.124. The normalized spacial score (nSPS) is 28.1. The van der Waals surface area contributed by atoms with E-state index in [1.54, 1.807) is 18.2 Å². The smallest absolute Gasteiger partial charge is 0.228 e. The van der Waals surface area contributed by atoms with Gasteiger partial charge in [0.1, 0.15) is 5.75 Å². The molecule has 3 rings (SSSR count). The highest BCUT2D eigenvalue weighted by Crippen LogP contribution is 2.46. The number of fused-ring (bicyclic) bond motifs is 3. The Morgan fingerprint density at radius 1 is 1.27 bits per heavy atom. The first-order valence-corrected chi connectivity index (χ1v) is 5.39. The molecule has 2 N–H and O–H groups in total. The Labute approximate surface area is 88.1 Å². The van der Waals surface area contributed by atoms with Gasteiger partial charge in [-0.15, -0.1) is 0 Å². The molecular weight excluding hydrogens is 190 g/mol. The zero-order valence-electron chi connectivity index (χ0n) is 8.36. The minimum atomic E-state index is 0.124. The maximum Gasteiger partial charge on any atom is 0.228 e. The van der Waals surface area contributed by atoms with Crippen molar-refractivity contribution in [1.29, 1.82) is 0 Å². The zero-order chi connectivity index (χ0) is 10.4. The van der Waals surface area contributed by atoms with Crippen LogP contribution < -0.4 is 5.32 Å². The van der Waals surface area contributed by atoms with E-state index < -0.39 is 0 Å². The van der Waals surface area contributed by atoms with Gasteiger partial charge >= 0.3 is 0 Å². The summed E-state index contributed by atoms with van der Waals surface area (Å²) in [5.74, 6) is 0.881. The van der Waals surface area contributed by atoms with Crippen molar-refractivity contribution in [2.24, 2.45) is 5.92 Å². The minimum Gasteiger partial charge on any atom is -0.508 e. The maximum absolute atomic E-state index is 11.7. The predicted octanol–water partition coefficient (Wildman–Crippen LogP) is 2.23. The lowest BCUT2D eigenvalue weighted by Crippen LogP contribution is -2.30. The topological polar surface area (TPSA) is 49.3 Å². The Kier molecular flexibility index (Phi) is 1.75. The van der Waals surface area contributed by atoms with Gasteiger partial charge in [0.15, 0.2) is 0 Å². The molecule has 15 heavy (non-hydrogen) atoms. The summed E-state index contributed by atoms with van der Waals surface area (Å²) < 4.78 is 0. The SMILES string of the molecule is O=C1Nc2ccc(O)cc2C2CCCC12. The number of phenolic OH excluding ortho intramolecular Hbond substituents is 1. The van der Waals surface area contributed by atoms with Crippen molar-refractivity contribution >= 4 is 11.6 Å². The molecule has 0 bridgehead atoms. The van der Waals surface area contributed by atoms with Gasteiger partial charge in [0.25, 0.3) is 0 Å². The first-order valence-electron chi connectivity index (χ1n) is 5.39. The summed E-state index contributed by atoms with van der Waals surface area (Å²) in [4.78, 5) is 11.7. The Morgan fingerprint density at radius 2 is 2.07 bits per heavy atom. The molecule has 0 aromatic heterocycles. The van der Waals surface area contributed by atoms with E-state index in [1.165, 1.54) is 0 Å². The molecule has 1 aliphatic carbocycles. The fourth-order valence-corrected chi connectivity index (χ4v) is 2.84. The lowest BCUT2D eigenvalue weighted by molar-refractivity contribution is -0.120. The summed E-state index contributed by atoms with van der Waals surface area (Å²) in [5.41, 5.74) is 1.98. The first kappa shape index (κ1) is 8.77. The van der Waals surface area contributed by atoms with E-state index in [-0.39, 0.29) is 17.6 Å². The van der Waals surface area contributed by atoms with Crippen LogP contribution in [0.2, 0.25) is 0 Å². The van der Waals surface area contributed by atoms with Crippen molar-refractivity contribution in [3.05, 3.63) is 23.8 Å². The summed E-state index contributed by atoms with van der Waals surface area (Å²) in [6.07, 6.45) is 3.15. The second-order valence-electron chi connectivity index (χ2n) is 4.40. The van der Waals surface area contributed by atoms with Gasteiger partial charge in [-0.05, 0) is 42.5 Å². The van der Waals surface area contributed by atoms with Gasteiger partial charge in [0.05, 0.1) is 0 Å². The third kappa shape index (κ3) is 1.23. The molecule has 1 saturated carbocycles. The molecule has 0 spiro atoms. The third-order valence-corrected chi connectivity index (χ3v) is 3.55. The summed E-state index contributed by atoms with van der Waals surface area (Å²) in [5, 5.41) is 12.4. The number of hydrogen-bond acceptors (Lipinski definition) is 2. The van der Waals surface area contributed by atoms with Gasteiger partial charge in [0.2, 0.25) is 5.91 Å². The van der Waals surface area contributed by atoms with Crippen LogP contribution in [-0.2, 0) is 4.79 Å². The number of phenols is 1. The third-order valence-electron chi connectivity index (χ3n) is 3.55. The van der Waals surface area contributed by atoms with Gasteiger partial charge in [-0.3, -0.25) is 4.79 Å². The number of rotatable bonds is 0. The van der Waals surface area contributed by atoms with Crippen LogP contribution in [0.25, 0.3) is 0 Å². The van der Waals surface area contributed by atoms with Crippen LogP contribution >= 0.6 is 0 Å². The molecule has 1 aliphatic heterocycles. The molecule has 78 valence electrons. The van der Waals surface area contributed by atoms with Crippen molar-refractivity contribution in [3.63, 3.8) is 0 Å². The lowest BCUT2D eigenvalue weighted by atomic mass is 9.84. The van der Waals surface area contributed by atoms with Crippen LogP contribution in [0.15, 0.2) is 18.2 Å². The molecule has 1 fully saturated rings. The van der Waals surface area contributed by atoms with Crippen molar-refractivity contribution in [2.75, 3.05) is 5.32 Å². The number of nitrogens with one attached hydrogen (secondary N) is 1. The first-order chi connectivity index (χ1) is 7.25. The monoisotopic (exact) mass is 203 g/mol. The standard InChI is InChI=1S/C12H13NO2/c14-7-4-5-11-10(6-7)8-2-1-3-9(8)12(15)13-11/h4-6,8-9,14H,1-3H2,(H,13,15). The molecule has 2 atom stereocenters. The van der Waals surface area contributed by atoms with Crippen LogP contribution in [0.4, 0.5) is 5.69 Å². The molecule has 3 heteroatoms. The summed E-state index contributed by atoms with van der Waals surface area (Å²) in [6.45, 7) is 0. The fraction of sp³-hybridized carbons (Fsp3) is 0.417. The molecule has 0 saturated heterocycles. The lowest BCUT2D eigenvalue weighted by Gasteiger charge is -2.28. The molecule has 1 aromatic rings. The van der Waals surface area contributed by atoms with Crippen LogP contribution in [0.3, 0.4) is 0 Å². The molecule has 3 nitrogen and oxygen atoms in total. The number of amides is 1. The van der Waals surface area contributed by atoms with E-state index in [9.17, 15) is 9.90 Å². The number of benzene rings is 1. The number of hydrogen-bond donors (Lipinski definition) is 2.